The lowest BCUT2D eigenvalue weighted by molar-refractivity contribution is 1.69. The second-order valence-electron chi connectivity index (χ2n) is 14.3. The van der Waals surface area contributed by atoms with Crippen LogP contribution < -0.4 is 0 Å². The molecule has 0 spiro atoms. The average molecular weight is 655 g/mol. The van der Waals surface area contributed by atoms with E-state index in [1.165, 1.54) is 119 Å². The van der Waals surface area contributed by atoms with Crippen LogP contribution in [0.25, 0.3) is 119 Å². The Morgan fingerprint density at radius 1 is 0.212 bits per heavy atom. The molecular formula is C52H30. The van der Waals surface area contributed by atoms with Crippen molar-refractivity contribution in [3.8, 4) is 22.3 Å². The molecule has 12 rings (SSSR count). The summed E-state index contributed by atoms with van der Waals surface area (Å²) >= 11 is 0. The minimum Gasteiger partial charge on any atom is -0.0616 e. The van der Waals surface area contributed by atoms with Crippen LogP contribution in [-0.4, -0.2) is 0 Å². The van der Waals surface area contributed by atoms with Crippen LogP contribution in [0.4, 0.5) is 0 Å². The van der Waals surface area contributed by atoms with Crippen LogP contribution >= 0.6 is 0 Å². The summed E-state index contributed by atoms with van der Waals surface area (Å²) in [7, 11) is 0. The average Bonchev–Trinajstić information content (AvgIpc) is 3.20. The SMILES string of the molecule is c1ccc2c(-c3c4ccccc4c(-c4cc5ccc6cccc7c8cccc9ccc%10cccc(c(c4)c5c67)c%10c98)c4ccccc34)cccc2c1. The molecule has 0 saturated carbocycles. The van der Waals surface area contributed by atoms with E-state index in [0.717, 1.165) is 0 Å². The highest BCUT2D eigenvalue weighted by atomic mass is 14.2. The van der Waals surface area contributed by atoms with Crippen LogP contribution in [0, 0.1) is 0 Å². The van der Waals surface area contributed by atoms with Crippen molar-refractivity contribution in [2.45, 2.75) is 0 Å². The summed E-state index contributed by atoms with van der Waals surface area (Å²) < 4.78 is 0. The smallest absolute Gasteiger partial charge is 0.00199 e. The van der Waals surface area contributed by atoms with E-state index in [4.69, 9.17) is 0 Å². The molecular weight excluding hydrogens is 625 g/mol. The van der Waals surface area contributed by atoms with Gasteiger partial charge in [0.1, 0.15) is 0 Å². The number of benzene rings is 11. The first kappa shape index (κ1) is 28.0. The highest BCUT2D eigenvalue weighted by molar-refractivity contribution is 6.37. The molecule has 0 bridgehead atoms. The zero-order valence-electron chi connectivity index (χ0n) is 28.3. The summed E-state index contributed by atoms with van der Waals surface area (Å²) in [5.41, 5.74) is 5.10. The number of hydrogen-bond donors (Lipinski definition) is 0. The largest absolute Gasteiger partial charge is 0.0616 e. The zero-order chi connectivity index (χ0) is 33.9. The molecule has 0 N–H and O–H groups in total. The summed E-state index contributed by atoms with van der Waals surface area (Å²) in [6.07, 6.45) is 0. The van der Waals surface area contributed by atoms with Crippen LogP contribution in [-0.2, 0) is 0 Å². The molecule has 12 aromatic carbocycles. The highest BCUT2D eigenvalue weighted by Gasteiger charge is 2.20. The Hall–Kier alpha value is -6.76. The van der Waals surface area contributed by atoms with Gasteiger partial charge in [0.15, 0.2) is 0 Å². The van der Waals surface area contributed by atoms with Gasteiger partial charge in [-0.1, -0.05) is 170 Å². The van der Waals surface area contributed by atoms with E-state index >= 15 is 0 Å². The molecule has 0 aliphatic heterocycles. The van der Waals surface area contributed by atoms with Crippen molar-refractivity contribution >= 4 is 97.0 Å². The maximum Gasteiger partial charge on any atom is -0.00199 e. The normalized spacial score (nSPS) is 12.2. The Kier molecular flexibility index (Phi) is 5.59. The first-order valence-electron chi connectivity index (χ1n) is 18.2. The maximum absolute atomic E-state index is 2.51. The fourth-order valence-corrected chi connectivity index (χ4v) is 9.60. The van der Waals surface area contributed by atoms with Crippen molar-refractivity contribution in [1.82, 2.24) is 0 Å². The third kappa shape index (κ3) is 3.71. The third-order valence-corrected chi connectivity index (χ3v) is 11.7. The van der Waals surface area contributed by atoms with Gasteiger partial charge >= 0.3 is 0 Å². The number of fused-ring (bicyclic) bond motifs is 5. The molecule has 0 aliphatic rings. The minimum absolute atomic E-state index is 1.24. The van der Waals surface area contributed by atoms with Gasteiger partial charge in [-0.2, -0.15) is 0 Å². The molecule has 12 aromatic rings. The van der Waals surface area contributed by atoms with Gasteiger partial charge in [-0.05, 0) is 131 Å². The first-order chi connectivity index (χ1) is 25.8. The minimum atomic E-state index is 1.24. The lowest BCUT2D eigenvalue weighted by Crippen LogP contribution is -1.93. The molecule has 0 heteroatoms. The van der Waals surface area contributed by atoms with E-state index in [0.29, 0.717) is 0 Å². The van der Waals surface area contributed by atoms with Gasteiger partial charge in [0.05, 0.1) is 0 Å². The van der Waals surface area contributed by atoms with Crippen LogP contribution in [0.2, 0.25) is 0 Å². The Morgan fingerprint density at radius 2 is 0.596 bits per heavy atom. The van der Waals surface area contributed by atoms with Gasteiger partial charge in [0, 0.05) is 0 Å². The summed E-state index contributed by atoms with van der Waals surface area (Å²) in [4.78, 5) is 0. The predicted octanol–water partition coefficient (Wildman–Crippen LogP) is 14.8. The molecule has 52 heavy (non-hydrogen) atoms. The lowest BCUT2D eigenvalue weighted by atomic mass is 9.83. The van der Waals surface area contributed by atoms with Gasteiger partial charge < -0.3 is 0 Å². The molecule has 0 saturated heterocycles. The molecule has 0 aromatic heterocycles. The molecule has 0 atom stereocenters. The Morgan fingerprint density at radius 3 is 1.17 bits per heavy atom. The van der Waals surface area contributed by atoms with E-state index < -0.39 is 0 Å². The van der Waals surface area contributed by atoms with Crippen LogP contribution in [0.3, 0.4) is 0 Å². The van der Waals surface area contributed by atoms with Crippen molar-refractivity contribution in [3.63, 3.8) is 0 Å². The van der Waals surface area contributed by atoms with E-state index in [9.17, 15) is 0 Å². The topological polar surface area (TPSA) is 0 Å². The second-order valence-corrected chi connectivity index (χ2v) is 14.3. The molecule has 0 heterocycles. The molecule has 0 radical (unpaired) electrons. The van der Waals surface area contributed by atoms with Crippen molar-refractivity contribution in [2.75, 3.05) is 0 Å². The van der Waals surface area contributed by atoms with Gasteiger partial charge in [-0.3, -0.25) is 0 Å². The van der Waals surface area contributed by atoms with Gasteiger partial charge in [0.25, 0.3) is 0 Å². The van der Waals surface area contributed by atoms with Gasteiger partial charge in [0.2, 0.25) is 0 Å². The summed E-state index contributed by atoms with van der Waals surface area (Å²) in [5.74, 6) is 0. The molecule has 0 fully saturated rings. The fourth-order valence-electron chi connectivity index (χ4n) is 9.60. The van der Waals surface area contributed by atoms with E-state index in [1.54, 1.807) is 0 Å². The van der Waals surface area contributed by atoms with Crippen molar-refractivity contribution < 1.29 is 0 Å². The van der Waals surface area contributed by atoms with Crippen molar-refractivity contribution in [1.29, 1.82) is 0 Å². The van der Waals surface area contributed by atoms with Crippen molar-refractivity contribution in [3.05, 3.63) is 182 Å². The molecule has 0 amide bonds. The number of hydrogen-bond acceptors (Lipinski definition) is 0. The van der Waals surface area contributed by atoms with Gasteiger partial charge in [-0.25, -0.2) is 0 Å². The lowest BCUT2D eigenvalue weighted by Gasteiger charge is -2.20. The molecule has 0 nitrogen and oxygen atoms in total. The number of rotatable bonds is 2. The van der Waals surface area contributed by atoms with Crippen LogP contribution in [0.1, 0.15) is 0 Å². The van der Waals surface area contributed by atoms with E-state index in [2.05, 4.69) is 182 Å². The zero-order valence-corrected chi connectivity index (χ0v) is 28.3. The Balaban J connectivity index is 1.30. The predicted molar refractivity (Wildman–Crippen MR) is 226 cm³/mol. The second kappa shape index (κ2) is 10.4. The van der Waals surface area contributed by atoms with Gasteiger partial charge in [-0.15, -0.1) is 0 Å². The third-order valence-electron chi connectivity index (χ3n) is 11.7. The van der Waals surface area contributed by atoms with E-state index in [1.807, 2.05) is 0 Å². The first-order valence-corrected chi connectivity index (χ1v) is 18.2. The molecule has 238 valence electrons. The highest BCUT2D eigenvalue weighted by Crippen LogP contribution is 2.48. The summed E-state index contributed by atoms with van der Waals surface area (Å²) in [6.45, 7) is 0. The standard InChI is InChI=1S/C52H30/c1-2-16-37-31(11-1)12-7-21-38(37)52-43-19-5-3-17-39(43)47(40-18-4-6-20-44(40)52)36-29-35-28-27-34-14-9-23-42-41-22-8-13-32-25-26-33-15-10-24-45(50(33)48(32)41)46(30-36)51(35)49(34)42/h1-30H. The Labute approximate surface area is 300 Å². The summed E-state index contributed by atoms with van der Waals surface area (Å²) in [6, 6.07) is 68.3. The van der Waals surface area contributed by atoms with Crippen LogP contribution in [0.15, 0.2) is 182 Å². The Bertz CT molecular complexity index is 3390. The molecule has 0 unspecified atom stereocenters. The van der Waals surface area contributed by atoms with Crippen molar-refractivity contribution in [2.24, 2.45) is 0 Å². The van der Waals surface area contributed by atoms with E-state index in [-0.39, 0.29) is 0 Å². The van der Waals surface area contributed by atoms with Crippen LogP contribution in [0.5, 0.6) is 0 Å². The summed E-state index contributed by atoms with van der Waals surface area (Å²) in [5, 5.41) is 23.3. The monoisotopic (exact) mass is 654 g/mol. The molecule has 0 aliphatic carbocycles. The fraction of sp³-hybridized carbons (Fsp3) is 0. The maximum atomic E-state index is 2.51. The quantitative estimate of drug-likeness (QED) is 0.129.